The molecule has 0 atom stereocenters. The maximum absolute atomic E-state index is 8.90. The average Bonchev–Trinajstić information content (AvgIpc) is 2.56. The Kier molecular flexibility index (Phi) is 4.90. The first kappa shape index (κ1) is 15.3. The third kappa shape index (κ3) is 3.71. The zero-order valence-electron chi connectivity index (χ0n) is 12.5. The number of nitrogens with zero attached hydrogens (tertiary/aromatic N) is 3. The van der Waals surface area contributed by atoms with E-state index in [0.717, 1.165) is 16.8 Å². The van der Waals surface area contributed by atoms with E-state index in [2.05, 4.69) is 22.7 Å². The molecule has 0 heterocycles. The summed E-state index contributed by atoms with van der Waals surface area (Å²) in [7, 11) is 0. The highest BCUT2D eigenvalue weighted by atomic mass is 15.3. The lowest BCUT2D eigenvalue weighted by molar-refractivity contribution is 0.639. The van der Waals surface area contributed by atoms with E-state index in [0.29, 0.717) is 11.1 Å². The number of hydrazone groups is 1. The first-order valence-electron chi connectivity index (χ1n) is 6.90. The Morgan fingerprint density at radius 3 is 1.59 bits per heavy atom. The Bertz CT molecular complexity index is 682. The van der Waals surface area contributed by atoms with Gasteiger partial charge in [0.25, 0.3) is 0 Å². The molecule has 0 bridgehead atoms. The lowest BCUT2D eigenvalue weighted by Gasteiger charge is -2.18. The van der Waals surface area contributed by atoms with Crippen LogP contribution in [0.15, 0.2) is 53.6 Å². The lowest BCUT2D eigenvalue weighted by atomic mass is 9.97. The summed E-state index contributed by atoms with van der Waals surface area (Å²) in [6, 6.07) is 18.9. The molecule has 0 fully saturated rings. The molecule has 2 aromatic rings. The molecule has 0 radical (unpaired) electrons. The fraction of sp³-hybridized carbons (Fsp3) is 0.167. The summed E-state index contributed by atoms with van der Waals surface area (Å²) in [5.74, 6) is 0. The van der Waals surface area contributed by atoms with Crippen LogP contribution in [0.3, 0.4) is 0 Å². The highest BCUT2D eigenvalue weighted by molar-refractivity contribution is 5.78. The molecule has 0 aliphatic rings. The van der Waals surface area contributed by atoms with Crippen molar-refractivity contribution >= 4 is 5.71 Å². The van der Waals surface area contributed by atoms with Gasteiger partial charge in [0.1, 0.15) is 0 Å². The number of benzene rings is 2. The number of nitriles is 2. The van der Waals surface area contributed by atoms with Gasteiger partial charge in [-0.15, -0.1) is 0 Å². The maximum Gasteiger partial charge on any atom is 0.0991 e. The van der Waals surface area contributed by atoms with Gasteiger partial charge in [-0.05, 0) is 49.2 Å². The minimum absolute atomic E-state index is 0.129. The standard InChI is InChI=1S/C18H16N4/c1-13(2)21-22-18(16-7-3-14(11-19)4-8-16)17-9-5-15(12-20)6-10-17/h3-10,18,22H,1-2H3. The van der Waals surface area contributed by atoms with Crippen LogP contribution >= 0.6 is 0 Å². The van der Waals surface area contributed by atoms with Gasteiger partial charge in [0.05, 0.1) is 29.3 Å². The predicted octanol–water partition coefficient (Wildman–Crippen LogP) is 3.50. The molecule has 4 heteroatoms. The van der Waals surface area contributed by atoms with Crippen molar-refractivity contribution in [3.8, 4) is 12.1 Å². The van der Waals surface area contributed by atoms with Crippen molar-refractivity contribution in [3.63, 3.8) is 0 Å². The smallest absolute Gasteiger partial charge is 0.0991 e. The van der Waals surface area contributed by atoms with Crippen LogP contribution in [-0.4, -0.2) is 5.71 Å². The molecule has 0 aromatic heterocycles. The fourth-order valence-corrected chi connectivity index (χ4v) is 2.04. The van der Waals surface area contributed by atoms with Crippen LogP contribution in [0.5, 0.6) is 0 Å². The van der Waals surface area contributed by atoms with Crippen LogP contribution in [0.25, 0.3) is 0 Å². The van der Waals surface area contributed by atoms with Gasteiger partial charge in [-0.2, -0.15) is 15.6 Å². The van der Waals surface area contributed by atoms with Crippen LogP contribution in [0.1, 0.15) is 42.1 Å². The second-order valence-electron chi connectivity index (χ2n) is 5.09. The van der Waals surface area contributed by atoms with E-state index in [1.54, 1.807) is 24.3 Å². The normalized spacial score (nSPS) is 9.68. The van der Waals surface area contributed by atoms with Gasteiger partial charge in [0.15, 0.2) is 0 Å². The average molecular weight is 288 g/mol. The number of hydrogen-bond acceptors (Lipinski definition) is 4. The molecule has 0 aliphatic carbocycles. The van der Waals surface area contributed by atoms with Crippen molar-refractivity contribution < 1.29 is 0 Å². The molecule has 2 aromatic carbocycles. The molecule has 0 saturated carbocycles. The Morgan fingerprint density at radius 1 is 0.864 bits per heavy atom. The second-order valence-corrected chi connectivity index (χ2v) is 5.09. The number of nitrogens with one attached hydrogen (secondary N) is 1. The van der Waals surface area contributed by atoms with Crippen LogP contribution in [0.2, 0.25) is 0 Å². The quantitative estimate of drug-likeness (QED) is 0.691. The topological polar surface area (TPSA) is 72.0 Å². The lowest BCUT2D eigenvalue weighted by Crippen LogP contribution is -2.18. The van der Waals surface area contributed by atoms with E-state index in [-0.39, 0.29) is 6.04 Å². The summed E-state index contributed by atoms with van der Waals surface area (Å²) in [6.07, 6.45) is 0. The second kappa shape index (κ2) is 7.06. The summed E-state index contributed by atoms with van der Waals surface area (Å²) in [5.41, 5.74) is 7.33. The largest absolute Gasteiger partial charge is 0.298 e. The van der Waals surface area contributed by atoms with Gasteiger partial charge < -0.3 is 0 Å². The molecule has 0 aliphatic heterocycles. The van der Waals surface area contributed by atoms with E-state index in [1.165, 1.54) is 0 Å². The van der Waals surface area contributed by atoms with Crippen molar-refractivity contribution in [2.45, 2.75) is 19.9 Å². The predicted molar refractivity (Wildman–Crippen MR) is 86.1 cm³/mol. The monoisotopic (exact) mass is 288 g/mol. The van der Waals surface area contributed by atoms with E-state index >= 15 is 0 Å². The summed E-state index contributed by atoms with van der Waals surface area (Å²) in [5, 5.41) is 22.1. The molecule has 2 rings (SSSR count). The molecule has 1 N–H and O–H groups in total. The van der Waals surface area contributed by atoms with Gasteiger partial charge in [-0.3, -0.25) is 5.43 Å². The van der Waals surface area contributed by atoms with Crippen LogP contribution in [0.4, 0.5) is 0 Å². The molecule has 0 amide bonds. The van der Waals surface area contributed by atoms with E-state index in [1.807, 2.05) is 38.1 Å². The van der Waals surface area contributed by atoms with E-state index in [9.17, 15) is 0 Å². The van der Waals surface area contributed by atoms with Crippen molar-refractivity contribution in [3.05, 3.63) is 70.8 Å². The fourth-order valence-electron chi connectivity index (χ4n) is 2.04. The molecular formula is C18H16N4. The van der Waals surface area contributed by atoms with Gasteiger partial charge in [-0.1, -0.05) is 24.3 Å². The van der Waals surface area contributed by atoms with Crippen molar-refractivity contribution in [1.29, 1.82) is 10.5 Å². The summed E-state index contributed by atoms with van der Waals surface area (Å²) < 4.78 is 0. The zero-order valence-corrected chi connectivity index (χ0v) is 12.5. The van der Waals surface area contributed by atoms with Crippen molar-refractivity contribution in [2.75, 3.05) is 0 Å². The summed E-state index contributed by atoms with van der Waals surface area (Å²) in [4.78, 5) is 0. The molecular weight excluding hydrogens is 272 g/mol. The number of rotatable bonds is 4. The third-order valence-electron chi connectivity index (χ3n) is 3.16. The first-order chi connectivity index (χ1) is 10.6. The van der Waals surface area contributed by atoms with Crippen LogP contribution < -0.4 is 5.43 Å². The molecule has 108 valence electrons. The minimum atomic E-state index is -0.129. The van der Waals surface area contributed by atoms with Gasteiger partial charge in [0.2, 0.25) is 0 Å². The van der Waals surface area contributed by atoms with Gasteiger partial charge in [0, 0.05) is 5.71 Å². The Labute approximate surface area is 130 Å². The summed E-state index contributed by atoms with van der Waals surface area (Å²) >= 11 is 0. The Hall–Kier alpha value is -3.11. The molecule has 0 saturated heterocycles. The Morgan fingerprint density at radius 2 is 1.27 bits per heavy atom. The van der Waals surface area contributed by atoms with E-state index in [4.69, 9.17) is 10.5 Å². The van der Waals surface area contributed by atoms with Crippen LogP contribution in [0, 0.1) is 22.7 Å². The minimum Gasteiger partial charge on any atom is -0.298 e. The maximum atomic E-state index is 8.90. The zero-order chi connectivity index (χ0) is 15.9. The number of hydrogen-bond donors (Lipinski definition) is 1. The third-order valence-corrected chi connectivity index (χ3v) is 3.16. The van der Waals surface area contributed by atoms with Crippen molar-refractivity contribution in [1.82, 2.24) is 5.43 Å². The molecule has 4 nitrogen and oxygen atoms in total. The first-order valence-corrected chi connectivity index (χ1v) is 6.90. The van der Waals surface area contributed by atoms with Crippen LogP contribution in [-0.2, 0) is 0 Å². The van der Waals surface area contributed by atoms with Gasteiger partial charge >= 0.3 is 0 Å². The summed E-state index contributed by atoms with van der Waals surface area (Å²) in [6.45, 7) is 3.84. The van der Waals surface area contributed by atoms with Gasteiger partial charge in [-0.25, -0.2) is 0 Å². The van der Waals surface area contributed by atoms with Crippen molar-refractivity contribution in [2.24, 2.45) is 5.10 Å². The highest BCUT2D eigenvalue weighted by Crippen LogP contribution is 2.23. The highest BCUT2D eigenvalue weighted by Gasteiger charge is 2.13. The molecule has 0 spiro atoms. The Balaban J connectivity index is 2.38. The van der Waals surface area contributed by atoms with E-state index < -0.39 is 0 Å². The molecule has 0 unspecified atom stereocenters. The molecule has 22 heavy (non-hydrogen) atoms. The SMILES string of the molecule is CC(C)=NNC(c1ccc(C#N)cc1)c1ccc(C#N)cc1.